The van der Waals surface area contributed by atoms with E-state index in [1.165, 1.54) is 12.3 Å². The van der Waals surface area contributed by atoms with Crippen LogP contribution < -0.4 is 0 Å². The summed E-state index contributed by atoms with van der Waals surface area (Å²) in [6.07, 6.45) is 0.608. The Morgan fingerprint density at radius 1 is 1.50 bits per heavy atom. The third kappa shape index (κ3) is 1.79. The number of β-amino-alcohol motifs (C(OH)–C–C–N with tert-alkyl or cyclic N) is 1. The van der Waals surface area contributed by atoms with Crippen LogP contribution in [0, 0.1) is 0 Å². The number of furan rings is 1. The number of rotatable bonds is 2. The number of nitrogens with zero attached hydrogens (tertiary/aromatic N) is 1. The molecule has 2 heterocycles. The summed E-state index contributed by atoms with van der Waals surface area (Å²) in [5, 5.41) is 18.3. The molecule has 86 valence electrons. The van der Waals surface area contributed by atoms with Gasteiger partial charge in [0.25, 0.3) is 5.91 Å². The topological polar surface area (TPSA) is 91.0 Å². The second-order valence-electron chi connectivity index (χ2n) is 3.68. The molecule has 1 aliphatic heterocycles. The minimum absolute atomic E-state index is 0.0243. The Morgan fingerprint density at radius 2 is 2.25 bits per heavy atom. The van der Waals surface area contributed by atoms with Gasteiger partial charge in [-0.05, 0) is 12.1 Å². The van der Waals surface area contributed by atoms with E-state index in [4.69, 9.17) is 9.52 Å². The zero-order valence-electron chi connectivity index (χ0n) is 8.37. The maximum Gasteiger partial charge on any atom is 0.326 e. The molecule has 0 aliphatic carbocycles. The molecule has 1 amide bonds. The SMILES string of the molecule is O=C(O)[C@H]1C[C@H](O)CN1C(=O)c1ccco1. The van der Waals surface area contributed by atoms with Gasteiger partial charge in [-0.2, -0.15) is 0 Å². The van der Waals surface area contributed by atoms with Crippen molar-refractivity contribution < 1.29 is 24.2 Å². The highest BCUT2D eigenvalue weighted by molar-refractivity contribution is 5.94. The number of carboxylic acid groups (broad SMARTS) is 1. The largest absolute Gasteiger partial charge is 0.480 e. The molecule has 16 heavy (non-hydrogen) atoms. The summed E-state index contributed by atoms with van der Waals surface area (Å²) in [4.78, 5) is 23.8. The standard InChI is InChI=1S/C10H11NO5/c12-6-4-7(10(14)15)11(5-6)9(13)8-2-1-3-16-8/h1-3,6-7,12H,4-5H2,(H,14,15)/t6-,7+/m0/s1. The predicted molar refractivity (Wildman–Crippen MR) is 51.8 cm³/mol. The molecule has 1 aromatic heterocycles. The number of hydrogen-bond acceptors (Lipinski definition) is 4. The zero-order valence-corrected chi connectivity index (χ0v) is 8.37. The molecule has 1 fully saturated rings. The van der Waals surface area contributed by atoms with Gasteiger partial charge in [0, 0.05) is 13.0 Å². The predicted octanol–water partition coefficient (Wildman–Crippen LogP) is -0.0604. The maximum atomic E-state index is 11.8. The summed E-state index contributed by atoms with van der Waals surface area (Å²) in [7, 11) is 0. The number of amides is 1. The van der Waals surface area contributed by atoms with E-state index in [1.807, 2.05) is 0 Å². The van der Waals surface area contributed by atoms with Gasteiger partial charge >= 0.3 is 5.97 Å². The fraction of sp³-hybridized carbons (Fsp3) is 0.400. The van der Waals surface area contributed by atoms with E-state index < -0.39 is 24.0 Å². The van der Waals surface area contributed by atoms with Crippen molar-refractivity contribution in [3.8, 4) is 0 Å². The number of aliphatic hydroxyl groups is 1. The molecule has 0 radical (unpaired) electrons. The highest BCUT2D eigenvalue weighted by atomic mass is 16.4. The monoisotopic (exact) mass is 225 g/mol. The Balaban J connectivity index is 2.20. The van der Waals surface area contributed by atoms with Crippen molar-refractivity contribution in [3.05, 3.63) is 24.2 Å². The van der Waals surface area contributed by atoms with Gasteiger partial charge in [0.15, 0.2) is 5.76 Å². The average Bonchev–Trinajstić information content (AvgIpc) is 2.84. The summed E-state index contributed by atoms with van der Waals surface area (Å²) in [6, 6.07) is 2.04. The van der Waals surface area contributed by atoms with Crippen molar-refractivity contribution in [2.75, 3.05) is 6.54 Å². The van der Waals surface area contributed by atoms with Crippen LogP contribution in [0.3, 0.4) is 0 Å². The third-order valence-electron chi connectivity index (χ3n) is 2.56. The summed E-state index contributed by atoms with van der Waals surface area (Å²) in [6.45, 7) is 0.0243. The quantitative estimate of drug-likeness (QED) is 0.735. The van der Waals surface area contributed by atoms with Crippen LogP contribution in [-0.2, 0) is 4.79 Å². The molecule has 1 aliphatic rings. The van der Waals surface area contributed by atoms with Crippen molar-refractivity contribution in [3.63, 3.8) is 0 Å². The highest BCUT2D eigenvalue weighted by Gasteiger charge is 2.39. The van der Waals surface area contributed by atoms with Gasteiger partial charge in [0.1, 0.15) is 6.04 Å². The molecule has 0 spiro atoms. The molecule has 6 nitrogen and oxygen atoms in total. The average molecular weight is 225 g/mol. The maximum absolute atomic E-state index is 11.8. The zero-order chi connectivity index (χ0) is 11.7. The molecule has 2 N–H and O–H groups in total. The van der Waals surface area contributed by atoms with Crippen LogP contribution in [0.5, 0.6) is 0 Å². The molecule has 6 heteroatoms. The Labute approximate surface area is 91.1 Å². The summed E-state index contributed by atoms with van der Waals surface area (Å²) >= 11 is 0. The summed E-state index contributed by atoms with van der Waals surface area (Å²) < 4.78 is 4.91. The normalized spacial score (nSPS) is 24.7. The fourth-order valence-corrected chi connectivity index (χ4v) is 1.81. The number of carboxylic acids is 1. The van der Waals surface area contributed by atoms with Gasteiger partial charge in [-0.15, -0.1) is 0 Å². The molecule has 0 aromatic carbocycles. The Bertz CT molecular complexity index is 399. The number of aliphatic carboxylic acids is 1. The lowest BCUT2D eigenvalue weighted by molar-refractivity contribution is -0.141. The van der Waals surface area contributed by atoms with Crippen LogP contribution in [-0.4, -0.2) is 45.7 Å². The molecule has 1 aromatic rings. The number of carbonyl (C=O) groups is 2. The first kappa shape index (κ1) is 10.7. The minimum atomic E-state index is -1.11. The van der Waals surface area contributed by atoms with E-state index >= 15 is 0 Å². The van der Waals surface area contributed by atoms with Gasteiger partial charge < -0.3 is 19.5 Å². The van der Waals surface area contributed by atoms with Gasteiger partial charge in [-0.3, -0.25) is 4.79 Å². The van der Waals surface area contributed by atoms with Gasteiger partial charge in [0.05, 0.1) is 12.4 Å². The minimum Gasteiger partial charge on any atom is -0.480 e. The number of likely N-dealkylation sites (tertiary alicyclic amines) is 1. The molecular weight excluding hydrogens is 214 g/mol. The summed E-state index contributed by atoms with van der Waals surface area (Å²) in [5.41, 5.74) is 0. The molecule has 0 saturated carbocycles. The number of hydrogen-bond donors (Lipinski definition) is 2. The third-order valence-corrected chi connectivity index (χ3v) is 2.56. The van der Waals surface area contributed by atoms with Crippen LogP contribution in [0.25, 0.3) is 0 Å². The Kier molecular flexibility index (Phi) is 2.66. The summed E-state index contributed by atoms with van der Waals surface area (Å²) in [5.74, 6) is -1.54. The second-order valence-corrected chi connectivity index (χ2v) is 3.68. The van der Waals surface area contributed by atoms with Crippen LogP contribution in [0.2, 0.25) is 0 Å². The van der Waals surface area contributed by atoms with Crippen LogP contribution in [0.4, 0.5) is 0 Å². The molecule has 0 bridgehead atoms. The first-order chi connectivity index (χ1) is 7.59. The van der Waals surface area contributed by atoms with E-state index in [-0.39, 0.29) is 18.7 Å². The van der Waals surface area contributed by atoms with Crippen molar-refractivity contribution in [2.45, 2.75) is 18.6 Å². The Morgan fingerprint density at radius 3 is 2.81 bits per heavy atom. The number of carbonyl (C=O) groups excluding carboxylic acids is 1. The van der Waals surface area contributed by atoms with E-state index in [0.29, 0.717) is 0 Å². The van der Waals surface area contributed by atoms with Crippen LogP contribution in [0.1, 0.15) is 17.0 Å². The lowest BCUT2D eigenvalue weighted by atomic mass is 10.2. The van der Waals surface area contributed by atoms with Crippen LogP contribution in [0.15, 0.2) is 22.8 Å². The van der Waals surface area contributed by atoms with E-state index in [0.717, 1.165) is 4.90 Å². The lowest BCUT2D eigenvalue weighted by Gasteiger charge is -2.19. The Hall–Kier alpha value is -1.82. The van der Waals surface area contributed by atoms with E-state index in [9.17, 15) is 14.7 Å². The van der Waals surface area contributed by atoms with Crippen molar-refractivity contribution in [1.29, 1.82) is 0 Å². The second kappa shape index (κ2) is 3.97. The van der Waals surface area contributed by atoms with Crippen molar-refractivity contribution in [1.82, 2.24) is 4.90 Å². The van der Waals surface area contributed by atoms with E-state index in [2.05, 4.69) is 0 Å². The highest BCUT2D eigenvalue weighted by Crippen LogP contribution is 2.20. The van der Waals surface area contributed by atoms with Gasteiger partial charge in [0.2, 0.25) is 0 Å². The molecule has 2 rings (SSSR count). The first-order valence-corrected chi connectivity index (χ1v) is 4.85. The van der Waals surface area contributed by atoms with Crippen LogP contribution >= 0.6 is 0 Å². The van der Waals surface area contributed by atoms with Crippen molar-refractivity contribution >= 4 is 11.9 Å². The van der Waals surface area contributed by atoms with Crippen molar-refractivity contribution in [2.24, 2.45) is 0 Å². The van der Waals surface area contributed by atoms with Gasteiger partial charge in [-0.1, -0.05) is 0 Å². The fourth-order valence-electron chi connectivity index (χ4n) is 1.81. The first-order valence-electron chi connectivity index (χ1n) is 4.85. The van der Waals surface area contributed by atoms with E-state index in [1.54, 1.807) is 6.07 Å². The lowest BCUT2D eigenvalue weighted by Crippen LogP contribution is -2.40. The molecule has 0 unspecified atom stereocenters. The molecule has 2 atom stereocenters. The molecule has 1 saturated heterocycles. The molecular formula is C10H11NO5. The smallest absolute Gasteiger partial charge is 0.326 e. The number of aliphatic hydroxyl groups excluding tert-OH is 1. The van der Waals surface area contributed by atoms with Gasteiger partial charge in [-0.25, -0.2) is 4.79 Å².